The van der Waals surface area contributed by atoms with Gasteiger partial charge in [-0.1, -0.05) is 32.4 Å². The van der Waals surface area contributed by atoms with Crippen LogP contribution in [0.15, 0.2) is 36.8 Å². The van der Waals surface area contributed by atoms with Gasteiger partial charge in [0, 0.05) is 12.4 Å². The van der Waals surface area contributed by atoms with E-state index in [-0.39, 0.29) is 11.2 Å². The number of aromatic nitrogens is 2. The molecule has 2 aromatic rings. The molecule has 0 aliphatic rings. The van der Waals surface area contributed by atoms with Gasteiger partial charge in [0.05, 0.1) is 6.20 Å². The maximum atomic E-state index is 12.1. The van der Waals surface area contributed by atoms with Crippen molar-refractivity contribution >= 4 is 5.91 Å². The molecular weight excluding hydrogens is 354 g/mol. The molecule has 6 nitrogen and oxygen atoms in total. The molecule has 0 bridgehead atoms. The Morgan fingerprint density at radius 3 is 2.44 bits per heavy atom. The minimum absolute atomic E-state index is 0.103. The molecule has 8 heteroatoms. The summed E-state index contributed by atoms with van der Waals surface area (Å²) in [7, 11) is 0. The molecule has 0 atom stereocenters. The summed E-state index contributed by atoms with van der Waals surface area (Å²) in [4.78, 5) is 17.6. The van der Waals surface area contributed by atoms with Gasteiger partial charge in [0.25, 0.3) is 12.3 Å². The van der Waals surface area contributed by atoms with E-state index in [2.05, 4.69) is 15.3 Å². The molecule has 0 spiro atoms. The molecule has 0 saturated heterocycles. The Labute approximate surface area is 158 Å². The Balaban J connectivity index is 0.000000337. The van der Waals surface area contributed by atoms with Gasteiger partial charge in [-0.05, 0) is 24.6 Å². The number of ether oxygens (including phenoxy) is 1. The van der Waals surface area contributed by atoms with Crippen LogP contribution in [0, 0.1) is 6.92 Å². The number of carbonyl (C=O) groups is 1. The van der Waals surface area contributed by atoms with Crippen LogP contribution in [0.5, 0.6) is 5.75 Å². The number of hydrogen-bond donors (Lipinski definition) is 1. The molecule has 148 valence electrons. The number of nitrogens with zero attached hydrogens (tertiary/aromatic N) is 3. The lowest BCUT2D eigenvalue weighted by Gasteiger charge is -2.36. The van der Waals surface area contributed by atoms with Crippen molar-refractivity contribution in [1.29, 1.82) is 0 Å². The van der Waals surface area contributed by atoms with Crippen molar-refractivity contribution in [2.45, 2.75) is 46.2 Å². The number of aryl methyl sites for hydroxylation is 1. The first-order valence-corrected chi connectivity index (χ1v) is 8.33. The number of alkyl halides is 2. The molecule has 0 fully saturated rings. The van der Waals surface area contributed by atoms with E-state index in [0.29, 0.717) is 12.3 Å². The number of primary amides is 1. The van der Waals surface area contributed by atoms with E-state index in [9.17, 15) is 13.6 Å². The summed E-state index contributed by atoms with van der Waals surface area (Å²) in [5.74, 6) is -0.0718. The van der Waals surface area contributed by atoms with Crippen LogP contribution in [0.25, 0.3) is 5.32 Å². The predicted molar refractivity (Wildman–Crippen MR) is 100 cm³/mol. The lowest BCUT2D eigenvalue weighted by Crippen LogP contribution is -2.12. The fourth-order valence-electron chi connectivity index (χ4n) is 1.91. The van der Waals surface area contributed by atoms with Crippen LogP contribution in [0.1, 0.15) is 42.4 Å². The summed E-state index contributed by atoms with van der Waals surface area (Å²) in [6.07, 6.45) is 1.77. The van der Waals surface area contributed by atoms with E-state index in [1.165, 1.54) is 18.6 Å². The average molecular weight is 379 g/mol. The number of rotatable bonds is 6. The van der Waals surface area contributed by atoms with E-state index in [1.54, 1.807) is 12.1 Å². The van der Waals surface area contributed by atoms with Crippen molar-refractivity contribution < 1.29 is 18.3 Å². The minimum atomic E-state index is -2.45. The van der Waals surface area contributed by atoms with Crippen molar-refractivity contribution in [3.63, 3.8) is 0 Å². The Morgan fingerprint density at radius 1 is 1.26 bits per heavy atom. The smallest absolute Gasteiger partial charge is 0.272 e. The highest BCUT2D eigenvalue weighted by atomic mass is 19.3. The molecule has 2 rings (SSSR count). The maximum absolute atomic E-state index is 12.1. The van der Waals surface area contributed by atoms with Gasteiger partial charge in [-0.25, -0.2) is 13.8 Å². The van der Waals surface area contributed by atoms with Crippen molar-refractivity contribution in [3.05, 3.63) is 58.9 Å². The van der Waals surface area contributed by atoms with Gasteiger partial charge in [0.1, 0.15) is 18.1 Å². The zero-order chi connectivity index (χ0) is 20.4. The Bertz CT molecular complexity index is 719. The molecule has 0 radical (unpaired) electrons. The van der Waals surface area contributed by atoms with Crippen LogP contribution in [-0.2, 0) is 6.54 Å². The first-order chi connectivity index (χ1) is 12.6. The Hall–Kier alpha value is -2.61. The molecule has 0 saturated carbocycles. The summed E-state index contributed by atoms with van der Waals surface area (Å²) >= 11 is 0. The quantitative estimate of drug-likeness (QED) is 0.824. The first-order valence-electron chi connectivity index (χ1n) is 8.33. The van der Waals surface area contributed by atoms with Crippen molar-refractivity contribution in [1.82, 2.24) is 9.97 Å². The summed E-state index contributed by atoms with van der Waals surface area (Å²) in [6, 6.07) is 5.51. The van der Waals surface area contributed by atoms with Gasteiger partial charge in [0.15, 0.2) is 0 Å². The summed E-state index contributed by atoms with van der Waals surface area (Å²) < 4.78 is 29.2. The summed E-state index contributed by atoms with van der Waals surface area (Å²) in [5, 5.41) is 4.50. The molecule has 1 heterocycles. The van der Waals surface area contributed by atoms with Gasteiger partial charge >= 0.3 is 0 Å². The maximum Gasteiger partial charge on any atom is 0.272 e. The van der Waals surface area contributed by atoms with E-state index in [1.807, 2.05) is 33.8 Å². The lowest BCUT2D eigenvalue weighted by atomic mass is 10.1. The highest BCUT2D eigenvalue weighted by Gasteiger charge is 2.05. The van der Waals surface area contributed by atoms with E-state index < -0.39 is 18.9 Å². The topological polar surface area (TPSA) is 92.2 Å². The van der Waals surface area contributed by atoms with Gasteiger partial charge in [-0.2, -0.15) is 0 Å². The fourth-order valence-corrected chi connectivity index (χ4v) is 1.91. The lowest BCUT2D eigenvalue weighted by molar-refractivity contribution is 0.0818. The monoisotopic (exact) mass is 379 g/mol. The van der Waals surface area contributed by atoms with E-state index in [4.69, 9.17) is 10.5 Å². The van der Waals surface area contributed by atoms with Crippen LogP contribution in [0.2, 0.25) is 0 Å². The Kier molecular flexibility index (Phi) is 8.74. The molecule has 2 N–H and O–H groups in total. The summed E-state index contributed by atoms with van der Waals surface area (Å²) in [6.45, 7) is 7.98. The van der Waals surface area contributed by atoms with Crippen LogP contribution in [0.4, 0.5) is 8.78 Å². The minimum Gasteiger partial charge on any atom is -0.654 e. The number of benzene rings is 1. The average Bonchev–Trinajstić information content (AvgIpc) is 2.58. The van der Waals surface area contributed by atoms with Gasteiger partial charge in [-0.3, -0.25) is 9.78 Å². The number of amides is 1. The molecule has 1 aromatic heterocycles. The molecule has 1 aromatic carbocycles. The second-order valence-electron chi connectivity index (χ2n) is 6.80. The van der Waals surface area contributed by atoms with Crippen LogP contribution >= 0.6 is 0 Å². The third-order valence-electron chi connectivity index (χ3n) is 3.04. The van der Waals surface area contributed by atoms with Crippen molar-refractivity contribution in [2.75, 3.05) is 6.61 Å². The Morgan fingerprint density at radius 2 is 1.96 bits per heavy atom. The zero-order valence-electron chi connectivity index (χ0n) is 15.9. The standard InChI is InChI=1S/C14H20F2NO.C5H5N3O/c1-10-5-11(8-17-14(2,3)4)7-12(6-10)18-9-13(15)16;6-5(9)4-3-7-1-2-8-4/h5-7,13H,8-9H2,1-4H3;1-3H,(H2,6,9)/q-1;. The normalized spacial score (nSPS) is 10.9. The van der Waals surface area contributed by atoms with Gasteiger partial charge in [-0.15, -0.1) is 12.1 Å². The third kappa shape index (κ3) is 10.2. The number of nitrogens with two attached hydrogens (primary N) is 1. The van der Waals surface area contributed by atoms with Crippen molar-refractivity contribution in [3.8, 4) is 5.75 Å². The van der Waals surface area contributed by atoms with Crippen LogP contribution < -0.4 is 10.5 Å². The van der Waals surface area contributed by atoms with Gasteiger partial charge in [0.2, 0.25) is 0 Å². The number of halogens is 2. The third-order valence-corrected chi connectivity index (χ3v) is 3.04. The molecule has 0 unspecified atom stereocenters. The van der Waals surface area contributed by atoms with Crippen LogP contribution in [-0.4, -0.2) is 34.4 Å². The zero-order valence-corrected chi connectivity index (χ0v) is 15.9. The number of hydrogen-bond acceptors (Lipinski definition) is 4. The highest BCUT2D eigenvalue weighted by molar-refractivity contribution is 5.90. The second kappa shape index (κ2) is 10.5. The van der Waals surface area contributed by atoms with E-state index in [0.717, 1.165) is 11.1 Å². The molecule has 0 aliphatic carbocycles. The molecular formula is C19H25F2N4O2-. The molecule has 0 aliphatic heterocycles. The number of carbonyl (C=O) groups excluding carboxylic acids is 1. The fraction of sp³-hybridized carbons (Fsp3) is 0.421. The van der Waals surface area contributed by atoms with Gasteiger partial charge < -0.3 is 15.8 Å². The largest absolute Gasteiger partial charge is 0.654 e. The summed E-state index contributed by atoms with van der Waals surface area (Å²) in [5.41, 5.74) is 6.93. The SMILES string of the molecule is Cc1cc(C[N-]C(C)(C)C)cc(OCC(F)F)c1.NC(=O)c1cnccn1. The second-order valence-corrected chi connectivity index (χ2v) is 6.80. The predicted octanol–water partition coefficient (Wildman–Crippen LogP) is 3.89. The van der Waals surface area contributed by atoms with Crippen molar-refractivity contribution in [2.24, 2.45) is 5.73 Å². The first kappa shape index (κ1) is 22.4. The van der Waals surface area contributed by atoms with E-state index >= 15 is 0 Å². The molecule has 27 heavy (non-hydrogen) atoms. The molecule has 1 amide bonds. The van der Waals surface area contributed by atoms with Crippen LogP contribution in [0.3, 0.4) is 0 Å². The highest BCUT2D eigenvalue weighted by Crippen LogP contribution is 2.23.